The first-order valence-corrected chi connectivity index (χ1v) is 4.44. The number of ether oxygens (including phenoxy) is 1. The van der Waals surface area contributed by atoms with Crippen molar-refractivity contribution in [3.05, 3.63) is 12.2 Å². The van der Waals surface area contributed by atoms with Gasteiger partial charge in [-0.1, -0.05) is 25.5 Å². The second-order valence-corrected chi connectivity index (χ2v) is 2.85. The number of rotatable bonds is 5. The van der Waals surface area contributed by atoms with Gasteiger partial charge in [-0.2, -0.15) is 0 Å². The van der Waals surface area contributed by atoms with E-state index in [0.29, 0.717) is 12.3 Å². The van der Waals surface area contributed by atoms with Crippen LogP contribution in [0, 0.1) is 5.92 Å². The Hall–Kier alpha value is -0.790. The standard InChI is InChI=1S/C10H18O2/c1-4-6-9(7-5-2)8-10(11)12-3/h4,6,9H,5,7-8H2,1-3H3/b6-4+. The van der Waals surface area contributed by atoms with Gasteiger partial charge < -0.3 is 4.74 Å². The van der Waals surface area contributed by atoms with E-state index < -0.39 is 0 Å². The second kappa shape index (κ2) is 6.89. The Bertz CT molecular complexity index is 150. The summed E-state index contributed by atoms with van der Waals surface area (Å²) in [6.45, 7) is 4.09. The number of hydrogen-bond acceptors (Lipinski definition) is 2. The van der Waals surface area contributed by atoms with E-state index in [1.165, 1.54) is 7.11 Å². The normalized spacial score (nSPS) is 13.2. The highest BCUT2D eigenvalue weighted by Crippen LogP contribution is 2.13. The Morgan fingerprint density at radius 3 is 2.67 bits per heavy atom. The molecule has 2 nitrogen and oxygen atoms in total. The minimum absolute atomic E-state index is 0.119. The van der Waals surface area contributed by atoms with Crippen molar-refractivity contribution in [1.29, 1.82) is 0 Å². The molecule has 1 unspecified atom stereocenters. The van der Waals surface area contributed by atoms with E-state index in [-0.39, 0.29) is 5.97 Å². The van der Waals surface area contributed by atoms with Gasteiger partial charge in [0.2, 0.25) is 0 Å². The molecule has 70 valence electrons. The first kappa shape index (κ1) is 11.2. The monoisotopic (exact) mass is 170 g/mol. The third-order valence-corrected chi connectivity index (χ3v) is 1.78. The highest BCUT2D eigenvalue weighted by atomic mass is 16.5. The molecule has 0 heterocycles. The molecule has 0 saturated heterocycles. The molecule has 0 aliphatic heterocycles. The van der Waals surface area contributed by atoms with Gasteiger partial charge in [0.05, 0.1) is 13.5 Å². The van der Waals surface area contributed by atoms with E-state index in [2.05, 4.69) is 17.7 Å². The zero-order chi connectivity index (χ0) is 9.40. The van der Waals surface area contributed by atoms with Crippen molar-refractivity contribution in [2.45, 2.75) is 33.1 Å². The lowest BCUT2D eigenvalue weighted by molar-refractivity contribution is -0.141. The molecule has 0 aromatic carbocycles. The van der Waals surface area contributed by atoms with Crippen LogP contribution < -0.4 is 0 Å². The minimum atomic E-state index is -0.119. The van der Waals surface area contributed by atoms with Crippen molar-refractivity contribution in [3.63, 3.8) is 0 Å². The zero-order valence-electron chi connectivity index (χ0n) is 8.17. The molecule has 0 radical (unpaired) electrons. The highest BCUT2D eigenvalue weighted by Gasteiger charge is 2.09. The van der Waals surface area contributed by atoms with Gasteiger partial charge in [-0.3, -0.25) is 4.79 Å². The predicted octanol–water partition coefficient (Wildman–Crippen LogP) is 2.54. The Morgan fingerprint density at radius 2 is 2.25 bits per heavy atom. The smallest absolute Gasteiger partial charge is 0.306 e. The van der Waals surface area contributed by atoms with E-state index in [9.17, 15) is 4.79 Å². The fourth-order valence-electron chi connectivity index (χ4n) is 1.21. The zero-order valence-corrected chi connectivity index (χ0v) is 8.17. The summed E-state index contributed by atoms with van der Waals surface area (Å²) in [5.41, 5.74) is 0. The lowest BCUT2D eigenvalue weighted by Gasteiger charge is -2.08. The summed E-state index contributed by atoms with van der Waals surface area (Å²) < 4.78 is 4.60. The van der Waals surface area contributed by atoms with Gasteiger partial charge in [-0.15, -0.1) is 0 Å². The fraction of sp³-hybridized carbons (Fsp3) is 0.700. The molecule has 0 spiro atoms. The topological polar surface area (TPSA) is 26.3 Å². The lowest BCUT2D eigenvalue weighted by atomic mass is 9.99. The van der Waals surface area contributed by atoms with Crippen LogP contribution in [0.2, 0.25) is 0 Å². The van der Waals surface area contributed by atoms with E-state index in [0.717, 1.165) is 12.8 Å². The summed E-state index contributed by atoms with van der Waals surface area (Å²) >= 11 is 0. The van der Waals surface area contributed by atoms with Crippen LogP contribution in [-0.4, -0.2) is 13.1 Å². The average molecular weight is 170 g/mol. The Morgan fingerprint density at radius 1 is 1.58 bits per heavy atom. The number of hydrogen-bond donors (Lipinski definition) is 0. The van der Waals surface area contributed by atoms with Crippen LogP contribution in [0.15, 0.2) is 12.2 Å². The fourth-order valence-corrected chi connectivity index (χ4v) is 1.21. The SMILES string of the molecule is C/C=C/C(CCC)CC(=O)OC. The molecule has 0 aliphatic carbocycles. The summed E-state index contributed by atoms with van der Waals surface area (Å²) in [5, 5.41) is 0. The molecule has 0 N–H and O–H groups in total. The molecule has 0 aromatic heterocycles. The van der Waals surface area contributed by atoms with Gasteiger partial charge in [0, 0.05) is 0 Å². The average Bonchev–Trinajstić information content (AvgIpc) is 2.05. The number of carbonyl (C=O) groups is 1. The number of allylic oxidation sites excluding steroid dienone is 2. The Balaban J connectivity index is 3.85. The van der Waals surface area contributed by atoms with Crippen LogP contribution in [0.25, 0.3) is 0 Å². The van der Waals surface area contributed by atoms with Crippen molar-refractivity contribution in [3.8, 4) is 0 Å². The molecule has 12 heavy (non-hydrogen) atoms. The van der Waals surface area contributed by atoms with E-state index in [1.807, 2.05) is 13.0 Å². The van der Waals surface area contributed by atoms with E-state index in [1.54, 1.807) is 0 Å². The molecule has 0 amide bonds. The molecule has 0 saturated carbocycles. The van der Waals surface area contributed by atoms with Crippen LogP contribution >= 0.6 is 0 Å². The van der Waals surface area contributed by atoms with Gasteiger partial charge in [0.1, 0.15) is 0 Å². The largest absolute Gasteiger partial charge is 0.469 e. The van der Waals surface area contributed by atoms with Crippen LogP contribution in [0.5, 0.6) is 0 Å². The van der Waals surface area contributed by atoms with Crippen LogP contribution in [-0.2, 0) is 9.53 Å². The maximum absolute atomic E-state index is 10.9. The summed E-state index contributed by atoms with van der Waals surface area (Å²) in [7, 11) is 1.43. The van der Waals surface area contributed by atoms with Crippen molar-refractivity contribution in [2.75, 3.05) is 7.11 Å². The van der Waals surface area contributed by atoms with Crippen molar-refractivity contribution in [2.24, 2.45) is 5.92 Å². The van der Waals surface area contributed by atoms with Gasteiger partial charge in [-0.05, 0) is 19.3 Å². The first-order valence-electron chi connectivity index (χ1n) is 4.44. The molecular formula is C10H18O2. The Kier molecular flexibility index (Phi) is 6.44. The predicted molar refractivity (Wildman–Crippen MR) is 49.8 cm³/mol. The molecule has 0 aliphatic rings. The molecular weight excluding hydrogens is 152 g/mol. The summed E-state index contributed by atoms with van der Waals surface area (Å²) in [4.78, 5) is 10.9. The molecule has 1 atom stereocenters. The van der Waals surface area contributed by atoms with Gasteiger partial charge in [0.15, 0.2) is 0 Å². The van der Waals surface area contributed by atoms with Gasteiger partial charge >= 0.3 is 5.97 Å². The number of carbonyl (C=O) groups excluding carboxylic acids is 1. The number of esters is 1. The van der Waals surface area contributed by atoms with Crippen molar-refractivity contribution < 1.29 is 9.53 Å². The highest BCUT2D eigenvalue weighted by molar-refractivity contribution is 5.69. The summed E-state index contributed by atoms with van der Waals surface area (Å²) in [6.07, 6.45) is 6.73. The maximum atomic E-state index is 10.9. The summed E-state index contributed by atoms with van der Waals surface area (Å²) in [6, 6.07) is 0. The Labute approximate surface area is 74.6 Å². The molecule has 0 fully saturated rings. The van der Waals surface area contributed by atoms with Crippen LogP contribution in [0.4, 0.5) is 0 Å². The number of methoxy groups -OCH3 is 1. The quantitative estimate of drug-likeness (QED) is 0.468. The van der Waals surface area contributed by atoms with E-state index in [4.69, 9.17) is 0 Å². The molecule has 0 rings (SSSR count). The second-order valence-electron chi connectivity index (χ2n) is 2.85. The van der Waals surface area contributed by atoms with Gasteiger partial charge in [-0.25, -0.2) is 0 Å². The van der Waals surface area contributed by atoms with Crippen molar-refractivity contribution in [1.82, 2.24) is 0 Å². The minimum Gasteiger partial charge on any atom is -0.469 e. The lowest BCUT2D eigenvalue weighted by Crippen LogP contribution is -2.07. The molecule has 2 heteroatoms. The maximum Gasteiger partial charge on any atom is 0.306 e. The van der Waals surface area contributed by atoms with Crippen LogP contribution in [0.3, 0.4) is 0 Å². The van der Waals surface area contributed by atoms with Crippen molar-refractivity contribution >= 4 is 5.97 Å². The first-order chi connectivity index (χ1) is 5.74. The summed E-state index contributed by atoms with van der Waals surface area (Å²) in [5.74, 6) is 0.235. The molecule has 0 aromatic rings. The van der Waals surface area contributed by atoms with E-state index >= 15 is 0 Å². The third kappa shape index (κ3) is 4.94. The molecule has 0 bridgehead atoms. The van der Waals surface area contributed by atoms with Gasteiger partial charge in [0.25, 0.3) is 0 Å². The van der Waals surface area contributed by atoms with Crippen LogP contribution in [0.1, 0.15) is 33.1 Å². The third-order valence-electron chi connectivity index (χ3n) is 1.78.